The number of aliphatic carboxylic acids is 1. The molecule has 6 nitrogen and oxygen atoms in total. The number of aromatic nitrogens is 2. The Bertz CT molecular complexity index is 748. The van der Waals surface area contributed by atoms with Crippen LogP contribution in [0.1, 0.15) is 30.9 Å². The molecule has 0 bridgehead atoms. The number of piperidine rings is 1. The molecule has 1 aliphatic rings. The summed E-state index contributed by atoms with van der Waals surface area (Å²) in [7, 11) is 0. The SMILES string of the molecule is O=C(O)C1CCC(=O)N(CCCn2ccnc2)C1c1ccccc1F. The quantitative estimate of drug-likeness (QED) is 0.873. The van der Waals surface area contributed by atoms with E-state index >= 15 is 0 Å². The number of nitrogens with zero attached hydrogens (tertiary/aromatic N) is 3. The van der Waals surface area contributed by atoms with Crippen LogP contribution in [0.4, 0.5) is 4.39 Å². The van der Waals surface area contributed by atoms with E-state index in [4.69, 9.17) is 0 Å². The Labute approximate surface area is 144 Å². The molecule has 1 aromatic heterocycles. The van der Waals surface area contributed by atoms with Crippen molar-refractivity contribution in [2.24, 2.45) is 5.92 Å². The van der Waals surface area contributed by atoms with Crippen LogP contribution in [-0.2, 0) is 16.1 Å². The van der Waals surface area contributed by atoms with Gasteiger partial charge in [-0.25, -0.2) is 9.37 Å². The molecule has 2 atom stereocenters. The van der Waals surface area contributed by atoms with Gasteiger partial charge < -0.3 is 14.6 Å². The molecule has 2 unspecified atom stereocenters. The first kappa shape index (κ1) is 17.1. The summed E-state index contributed by atoms with van der Waals surface area (Å²) in [4.78, 5) is 29.6. The molecule has 2 aromatic rings. The summed E-state index contributed by atoms with van der Waals surface area (Å²) in [5.41, 5.74) is 0.269. The summed E-state index contributed by atoms with van der Waals surface area (Å²) in [6.45, 7) is 1.03. The van der Waals surface area contributed by atoms with Crippen molar-refractivity contribution in [3.05, 3.63) is 54.4 Å². The number of imidazole rings is 1. The van der Waals surface area contributed by atoms with Crippen LogP contribution < -0.4 is 0 Å². The molecule has 1 saturated heterocycles. The molecule has 132 valence electrons. The molecule has 0 spiro atoms. The molecule has 3 rings (SSSR count). The first-order valence-corrected chi connectivity index (χ1v) is 8.30. The molecule has 1 aromatic carbocycles. The third-order valence-electron chi connectivity index (χ3n) is 4.62. The van der Waals surface area contributed by atoms with E-state index in [0.29, 0.717) is 19.5 Å². The van der Waals surface area contributed by atoms with Gasteiger partial charge in [0, 0.05) is 37.5 Å². The van der Waals surface area contributed by atoms with Gasteiger partial charge in [0.2, 0.25) is 5.91 Å². The van der Waals surface area contributed by atoms with Crippen LogP contribution >= 0.6 is 0 Å². The Morgan fingerprint density at radius 1 is 1.32 bits per heavy atom. The first-order valence-electron chi connectivity index (χ1n) is 8.30. The largest absolute Gasteiger partial charge is 0.481 e. The zero-order valence-electron chi connectivity index (χ0n) is 13.7. The normalized spacial score (nSPS) is 20.7. The lowest BCUT2D eigenvalue weighted by molar-refractivity contribution is -0.152. The number of carbonyl (C=O) groups is 2. The lowest BCUT2D eigenvalue weighted by Crippen LogP contribution is -2.46. The van der Waals surface area contributed by atoms with Gasteiger partial charge in [-0.3, -0.25) is 9.59 Å². The lowest BCUT2D eigenvalue weighted by Gasteiger charge is -2.40. The Hall–Kier alpha value is -2.70. The van der Waals surface area contributed by atoms with E-state index in [9.17, 15) is 19.1 Å². The Balaban J connectivity index is 1.84. The second kappa shape index (κ2) is 7.46. The maximum Gasteiger partial charge on any atom is 0.308 e. The minimum absolute atomic E-state index is 0.128. The lowest BCUT2D eigenvalue weighted by atomic mass is 9.84. The van der Waals surface area contributed by atoms with Crippen LogP contribution in [0.2, 0.25) is 0 Å². The summed E-state index contributed by atoms with van der Waals surface area (Å²) < 4.78 is 16.2. The number of aryl methyl sites for hydroxylation is 1. The van der Waals surface area contributed by atoms with E-state index in [2.05, 4.69) is 4.98 Å². The third kappa shape index (κ3) is 3.70. The molecule has 7 heteroatoms. The van der Waals surface area contributed by atoms with Gasteiger partial charge >= 0.3 is 5.97 Å². The fourth-order valence-corrected chi connectivity index (χ4v) is 3.42. The number of amides is 1. The average molecular weight is 345 g/mol. The zero-order valence-corrected chi connectivity index (χ0v) is 13.7. The molecule has 0 radical (unpaired) electrons. The zero-order chi connectivity index (χ0) is 17.8. The van der Waals surface area contributed by atoms with E-state index in [1.807, 2.05) is 10.8 Å². The van der Waals surface area contributed by atoms with E-state index in [1.165, 1.54) is 11.0 Å². The summed E-state index contributed by atoms with van der Waals surface area (Å²) in [6.07, 6.45) is 6.23. The van der Waals surface area contributed by atoms with Crippen LogP contribution in [0.5, 0.6) is 0 Å². The van der Waals surface area contributed by atoms with Crippen molar-refractivity contribution in [1.29, 1.82) is 0 Å². The number of carboxylic acid groups (broad SMARTS) is 1. The van der Waals surface area contributed by atoms with Gasteiger partial charge in [0.15, 0.2) is 0 Å². The number of carboxylic acids is 1. The molecule has 2 heterocycles. The van der Waals surface area contributed by atoms with Crippen LogP contribution in [0.25, 0.3) is 0 Å². The number of hydrogen-bond acceptors (Lipinski definition) is 3. The van der Waals surface area contributed by atoms with Crippen LogP contribution in [-0.4, -0.2) is 38.0 Å². The molecular weight excluding hydrogens is 325 g/mol. The van der Waals surface area contributed by atoms with Crippen molar-refractivity contribution in [3.8, 4) is 0 Å². The van der Waals surface area contributed by atoms with E-state index < -0.39 is 23.7 Å². The van der Waals surface area contributed by atoms with Crippen molar-refractivity contribution < 1.29 is 19.1 Å². The molecule has 1 aliphatic heterocycles. The topological polar surface area (TPSA) is 75.4 Å². The Kier molecular flexibility index (Phi) is 5.11. The van der Waals surface area contributed by atoms with E-state index in [-0.39, 0.29) is 24.3 Å². The number of halogens is 1. The van der Waals surface area contributed by atoms with Crippen molar-refractivity contribution in [1.82, 2.24) is 14.5 Å². The number of benzene rings is 1. The van der Waals surface area contributed by atoms with Crippen molar-refractivity contribution >= 4 is 11.9 Å². The van der Waals surface area contributed by atoms with Crippen molar-refractivity contribution in [3.63, 3.8) is 0 Å². The predicted molar refractivity (Wildman–Crippen MR) is 88.1 cm³/mol. The van der Waals surface area contributed by atoms with Gasteiger partial charge in [-0.05, 0) is 18.9 Å². The number of likely N-dealkylation sites (tertiary alicyclic amines) is 1. The smallest absolute Gasteiger partial charge is 0.308 e. The number of hydrogen-bond donors (Lipinski definition) is 1. The molecular formula is C18H20FN3O3. The summed E-state index contributed by atoms with van der Waals surface area (Å²) in [6, 6.07) is 5.32. The molecule has 0 saturated carbocycles. The molecule has 1 N–H and O–H groups in total. The fraction of sp³-hybridized carbons (Fsp3) is 0.389. The minimum Gasteiger partial charge on any atom is -0.481 e. The Morgan fingerprint density at radius 3 is 2.80 bits per heavy atom. The van der Waals surface area contributed by atoms with Gasteiger partial charge in [-0.2, -0.15) is 0 Å². The summed E-state index contributed by atoms with van der Waals surface area (Å²) in [5, 5.41) is 9.57. The Morgan fingerprint density at radius 2 is 2.12 bits per heavy atom. The van der Waals surface area contributed by atoms with Crippen molar-refractivity contribution in [2.75, 3.05) is 6.54 Å². The molecule has 1 fully saturated rings. The second-order valence-corrected chi connectivity index (χ2v) is 6.19. The van der Waals surface area contributed by atoms with Crippen LogP contribution in [0.15, 0.2) is 43.0 Å². The highest BCUT2D eigenvalue weighted by molar-refractivity contribution is 5.81. The highest BCUT2D eigenvalue weighted by atomic mass is 19.1. The van der Waals surface area contributed by atoms with E-state index in [0.717, 1.165) is 0 Å². The first-order chi connectivity index (χ1) is 12.1. The van der Waals surface area contributed by atoms with Gasteiger partial charge in [0.1, 0.15) is 5.82 Å². The fourth-order valence-electron chi connectivity index (χ4n) is 3.42. The maximum absolute atomic E-state index is 14.3. The van der Waals surface area contributed by atoms with Gasteiger partial charge in [-0.15, -0.1) is 0 Å². The molecule has 25 heavy (non-hydrogen) atoms. The highest BCUT2D eigenvalue weighted by Crippen LogP contribution is 2.38. The van der Waals surface area contributed by atoms with Crippen molar-refractivity contribution in [2.45, 2.75) is 31.8 Å². The minimum atomic E-state index is -1.000. The standard InChI is InChI=1S/C18H20FN3O3/c19-15-5-2-1-4-13(15)17-14(18(24)25)6-7-16(23)22(17)10-3-9-21-11-8-20-12-21/h1-2,4-5,8,11-12,14,17H,3,6-7,9-10H2,(H,24,25). The van der Waals surface area contributed by atoms with Gasteiger partial charge in [-0.1, -0.05) is 18.2 Å². The van der Waals surface area contributed by atoms with E-state index in [1.54, 1.807) is 30.7 Å². The van der Waals surface area contributed by atoms with Crippen LogP contribution in [0.3, 0.4) is 0 Å². The number of carbonyl (C=O) groups excluding carboxylic acids is 1. The highest BCUT2D eigenvalue weighted by Gasteiger charge is 2.41. The summed E-state index contributed by atoms with van der Waals surface area (Å²) in [5.74, 6) is -2.41. The second-order valence-electron chi connectivity index (χ2n) is 6.19. The third-order valence-corrected chi connectivity index (χ3v) is 4.62. The molecule has 1 amide bonds. The monoisotopic (exact) mass is 345 g/mol. The molecule has 0 aliphatic carbocycles. The number of rotatable bonds is 6. The maximum atomic E-state index is 14.3. The van der Waals surface area contributed by atoms with Gasteiger partial charge in [0.05, 0.1) is 18.3 Å². The van der Waals surface area contributed by atoms with Crippen LogP contribution in [0, 0.1) is 11.7 Å². The van der Waals surface area contributed by atoms with Gasteiger partial charge in [0.25, 0.3) is 0 Å². The predicted octanol–water partition coefficient (Wildman–Crippen LogP) is 2.48. The summed E-state index contributed by atoms with van der Waals surface area (Å²) >= 11 is 0. The average Bonchev–Trinajstić information content (AvgIpc) is 3.10.